The molecule has 7 heteroatoms. The van der Waals surface area contributed by atoms with E-state index in [0.717, 1.165) is 30.8 Å². The quantitative estimate of drug-likeness (QED) is 0.835. The number of amides is 1. The van der Waals surface area contributed by atoms with Crippen LogP contribution in [0.25, 0.3) is 0 Å². The second-order valence-corrected chi connectivity index (χ2v) is 8.01. The Hall–Kier alpha value is -1.63. The number of hydrogen-bond acceptors (Lipinski definition) is 5. The Bertz CT molecular complexity index is 672. The molecule has 2 N–H and O–H groups in total. The number of nitrogens with zero attached hydrogens (tertiary/aromatic N) is 1. The lowest BCUT2D eigenvalue weighted by atomic mass is 10.1. The summed E-state index contributed by atoms with van der Waals surface area (Å²) in [6, 6.07) is 3.23. The number of hydrogen-bond donors (Lipinski definition) is 2. The maximum Gasteiger partial charge on any atom is 0.270 e. The van der Waals surface area contributed by atoms with Crippen LogP contribution < -0.4 is 10.6 Å². The molecule has 114 valence electrons. The molecule has 6 nitrogen and oxygen atoms in total. The number of carbonyl (C=O) groups is 1. The zero-order valence-corrected chi connectivity index (χ0v) is 12.7. The fraction of sp³-hybridized carbons (Fsp3) is 0.571. The summed E-state index contributed by atoms with van der Waals surface area (Å²) in [5.41, 5.74) is 2.24. The first-order chi connectivity index (χ1) is 9.94. The predicted molar refractivity (Wildman–Crippen MR) is 80.1 cm³/mol. The molecule has 3 heterocycles. The van der Waals surface area contributed by atoms with Gasteiger partial charge < -0.3 is 10.6 Å². The van der Waals surface area contributed by atoms with E-state index in [1.165, 1.54) is 0 Å². The van der Waals surface area contributed by atoms with E-state index in [1.807, 2.05) is 13.0 Å². The highest BCUT2D eigenvalue weighted by Crippen LogP contribution is 2.21. The smallest absolute Gasteiger partial charge is 0.270 e. The van der Waals surface area contributed by atoms with Crippen LogP contribution in [0.2, 0.25) is 0 Å². The molecule has 1 fully saturated rings. The van der Waals surface area contributed by atoms with Gasteiger partial charge in [-0.3, -0.25) is 4.79 Å². The van der Waals surface area contributed by atoms with Gasteiger partial charge >= 0.3 is 0 Å². The van der Waals surface area contributed by atoms with Gasteiger partial charge in [0, 0.05) is 12.6 Å². The molecule has 1 saturated heterocycles. The average Bonchev–Trinajstić information content (AvgIpc) is 2.70. The van der Waals surface area contributed by atoms with Crippen molar-refractivity contribution in [1.29, 1.82) is 0 Å². The summed E-state index contributed by atoms with van der Waals surface area (Å²) < 4.78 is 23.2. The first-order valence-electron chi connectivity index (χ1n) is 7.20. The lowest BCUT2D eigenvalue weighted by Gasteiger charge is -2.19. The molecule has 0 bridgehead atoms. The summed E-state index contributed by atoms with van der Waals surface area (Å²) >= 11 is 0. The molecular weight excluding hydrogens is 290 g/mol. The number of anilines is 1. The van der Waals surface area contributed by atoms with Crippen molar-refractivity contribution in [1.82, 2.24) is 10.3 Å². The topological polar surface area (TPSA) is 88.2 Å². The molecule has 0 unspecified atom stereocenters. The van der Waals surface area contributed by atoms with Crippen LogP contribution in [-0.4, -0.2) is 43.4 Å². The van der Waals surface area contributed by atoms with Crippen LogP contribution in [0.5, 0.6) is 0 Å². The van der Waals surface area contributed by atoms with E-state index in [1.54, 1.807) is 6.07 Å². The maximum atomic E-state index is 12.3. The molecule has 0 aliphatic carbocycles. The fourth-order valence-electron chi connectivity index (χ4n) is 2.91. The van der Waals surface area contributed by atoms with E-state index < -0.39 is 9.84 Å². The maximum absolute atomic E-state index is 12.3. The minimum Gasteiger partial charge on any atom is -0.384 e. The highest BCUT2D eigenvalue weighted by molar-refractivity contribution is 7.91. The SMILES string of the molecule is C[C@@H]1CS(=O)(=O)C[C@@H]1NC(=O)c1ccc2c(n1)CCCN2. The van der Waals surface area contributed by atoms with E-state index >= 15 is 0 Å². The predicted octanol–water partition coefficient (Wildman–Crippen LogP) is 0.603. The van der Waals surface area contributed by atoms with Crippen molar-refractivity contribution in [2.45, 2.75) is 25.8 Å². The van der Waals surface area contributed by atoms with Crippen LogP contribution in [0.3, 0.4) is 0 Å². The van der Waals surface area contributed by atoms with Crippen molar-refractivity contribution >= 4 is 21.4 Å². The first kappa shape index (κ1) is 14.3. The van der Waals surface area contributed by atoms with Gasteiger partial charge in [0.2, 0.25) is 0 Å². The van der Waals surface area contributed by atoms with Gasteiger partial charge in [0.15, 0.2) is 9.84 Å². The van der Waals surface area contributed by atoms with Crippen molar-refractivity contribution < 1.29 is 13.2 Å². The van der Waals surface area contributed by atoms with Crippen molar-refractivity contribution in [3.8, 4) is 0 Å². The molecule has 2 atom stereocenters. The third-order valence-electron chi connectivity index (χ3n) is 4.07. The summed E-state index contributed by atoms with van der Waals surface area (Å²) in [7, 11) is -3.03. The van der Waals surface area contributed by atoms with Crippen molar-refractivity contribution in [3.63, 3.8) is 0 Å². The summed E-state index contributed by atoms with van der Waals surface area (Å²) in [6.07, 6.45) is 1.86. The van der Waals surface area contributed by atoms with E-state index in [0.29, 0.717) is 5.69 Å². The summed E-state index contributed by atoms with van der Waals surface area (Å²) in [4.78, 5) is 16.6. The summed E-state index contributed by atoms with van der Waals surface area (Å²) in [6.45, 7) is 2.78. The van der Waals surface area contributed by atoms with Crippen LogP contribution in [0, 0.1) is 5.92 Å². The van der Waals surface area contributed by atoms with Gasteiger partial charge in [-0.25, -0.2) is 13.4 Å². The van der Waals surface area contributed by atoms with Gasteiger partial charge in [-0.05, 0) is 30.9 Å². The molecule has 0 saturated carbocycles. The van der Waals surface area contributed by atoms with Crippen molar-refractivity contribution in [2.75, 3.05) is 23.4 Å². The minimum absolute atomic E-state index is 0.0202. The third kappa shape index (κ3) is 3.02. The Morgan fingerprint density at radius 1 is 1.38 bits per heavy atom. The molecule has 2 aliphatic rings. The van der Waals surface area contributed by atoms with Gasteiger partial charge in [0.05, 0.1) is 22.9 Å². The normalized spacial score (nSPS) is 26.7. The fourth-order valence-corrected chi connectivity index (χ4v) is 5.04. The first-order valence-corrected chi connectivity index (χ1v) is 9.02. The van der Waals surface area contributed by atoms with Crippen molar-refractivity contribution in [3.05, 3.63) is 23.5 Å². The van der Waals surface area contributed by atoms with Gasteiger partial charge in [0.1, 0.15) is 5.69 Å². The second kappa shape index (κ2) is 5.29. The summed E-state index contributed by atoms with van der Waals surface area (Å²) in [5.74, 6) is -0.193. The zero-order chi connectivity index (χ0) is 15.0. The van der Waals surface area contributed by atoms with Gasteiger partial charge in [0.25, 0.3) is 5.91 Å². The van der Waals surface area contributed by atoms with Gasteiger partial charge in [-0.2, -0.15) is 0 Å². The lowest BCUT2D eigenvalue weighted by molar-refractivity contribution is 0.0928. The average molecular weight is 309 g/mol. The van der Waals surface area contributed by atoms with Crippen LogP contribution in [0.15, 0.2) is 12.1 Å². The largest absolute Gasteiger partial charge is 0.384 e. The molecule has 0 aromatic carbocycles. The number of aryl methyl sites for hydroxylation is 1. The Labute approximate surface area is 124 Å². The van der Waals surface area contributed by atoms with Crippen molar-refractivity contribution in [2.24, 2.45) is 5.92 Å². The molecule has 1 aromatic heterocycles. The van der Waals surface area contributed by atoms with Gasteiger partial charge in [-0.15, -0.1) is 0 Å². The van der Waals surface area contributed by atoms with Crippen LogP contribution >= 0.6 is 0 Å². The van der Waals surface area contributed by atoms with Crippen LogP contribution in [-0.2, 0) is 16.3 Å². The monoisotopic (exact) mass is 309 g/mol. The number of nitrogens with one attached hydrogen (secondary N) is 2. The van der Waals surface area contributed by atoms with E-state index in [-0.39, 0.29) is 29.4 Å². The molecule has 0 radical (unpaired) electrons. The number of sulfone groups is 1. The second-order valence-electron chi connectivity index (χ2n) is 5.86. The minimum atomic E-state index is -3.03. The molecule has 3 rings (SSSR count). The highest BCUT2D eigenvalue weighted by Gasteiger charge is 2.35. The molecular formula is C14H19N3O3S. The Balaban J connectivity index is 1.74. The molecule has 2 aliphatic heterocycles. The zero-order valence-electron chi connectivity index (χ0n) is 11.9. The van der Waals surface area contributed by atoms with Gasteiger partial charge in [-0.1, -0.05) is 6.92 Å². The molecule has 1 amide bonds. The molecule has 21 heavy (non-hydrogen) atoms. The Morgan fingerprint density at radius 2 is 2.19 bits per heavy atom. The lowest BCUT2D eigenvalue weighted by Crippen LogP contribution is -2.39. The number of fused-ring (bicyclic) bond motifs is 1. The number of pyridine rings is 1. The van der Waals surface area contributed by atoms with Crippen LogP contribution in [0.4, 0.5) is 5.69 Å². The van der Waals surface area contributed by atoms with E-state index in [4.69, 9.17) is 0 Å². The van der Waals surface area contributed by atoms with Crippen LogP contribution in [0.1, 0.15) is 29.5 Å². The third-order valence-corrected chi connectivity index (χ3v) is 5.97. The number of carbonyl (C=O) groups excluding carboxylic acids is 1. The Kier molecular flexibility index (Phi) is 3.61. The molecule has 1 aromatic rings. The standard InChI is InChI=1S/C14H19N3O3S/c1-9-7-21(19,20)8-13(9)17-14(18)12-5-4-10-11(16-12)3-2-6-15-10/h4-5,9,13,15H,2-3,6-8H2,1H3,(H,17,18)/t9-,13+/m1/s1. The molecule has 0 spiro atoms. The van der Waals surface area contributed by atoms with E-state index in [2.05, 4.69) is 15.6 Å². The Morgan fingerprint density at radius 3 is 2.90 bits per heavy atom. The number of aromatic nitrogens is 1. The van der Waals surface area contributed by atoms with E-state index in [9.17, 15) is 13.2 Å². The summed E-state index contributed by atoms with van der Waals surface area (Å²) in [5, 5.41) is 6.05. The highest BCUT2D eigenvalue weighted by atomic mass is 32.2. The number of rotatable bonds is 2.